The summed E-state index contributed by atoms with van der Waals surface area (Å²) in [5, 5.41) is 2.15. The van der Waals surface area contributed by atoms with Gasteiger partial charge in [0.25, 0.3) is 0 Å². The van der Waals surface area contributed by atoms with Gasteiger partial charge in [-0.25, -0.2) is 0 Å². The lowest BCUT2D eigenvalue weighted by atomic mass is 9.87. The van der Waals surface area contributed by atoms with Crippen LogP contribution in [0.15, 0.2) is 11.4 Å². The summed E-state index contributed by atoms with van der Waals surface area (Å²) in [7, 11) is 0. The molecule has 0 fully saturated rings. The van der Waals surface area contributed by atoms with Crippen LogP contribution in [0.4, 0.5) is 0 Å². The molecule has 1 aromatic rings. The maximum Gasteiger partial charge on any atom is 0.224 e. The molecule has 4 heteroatoms. The highest BCUT2D eigenvalue weighted by Crippen LogP contribution is 2.35. The highest BCUT2D eigenvalue weighted by atomic mass is 32.1. The van der Waals surface area contributed by atoms with Gasteiger partial charge >= 0.3 is 0 Å². The molecule has 118 valence electrons. The van der Waals surface area contributed by atoms with Crippen molar-refractivity contribution in [1.82, 2.24) is 4.90 Å². The Morgan fingerprint density at radius 3 is 2.86 bits per heavy atom. The highest BCUT2D eigenvalue weighted by Gasteiger charge is 2.31. The van der Waals surface area contributed by atoms with E-state index in [0.717, 1.165) is 25.8 Å². The molecule has 0 aromatic carbocycles. The number of thiophene rings is 1. The lowest BCUT2D eigenvalue weighted by Crippen LogP contribution is -2.42. The molecule has 1 aliphatic rings. The molecule has 1 aliphatic heterocycles. The van der Waals surface area contributed by atoms with Gasteiger partial charge in [-0.2, -0.15) is 0 Å². The van der Waals surface area contributed by atoms with Crippen molar-refractivity contribution in [3.63, 3.8) is 0 Å². The molecule has 2 heterocycles. The van der Waals surface area contributed by atoms with Gasteiger partial charge in [0.15, 0.2) is 0 Å². The number of carbonyl (C=O) groups is 1. The van der Waals surface area contributed by atoms with Crippen molar-refractivity contribution in [1.29, 1.82) is 0 Å². The summed E-state index contributed by atoms with van der Waals surface area (Å²) in [5.74, 6) is 0.218. The third-order valence-electron chi connectivity index (χ3n) is 4.11. The summed E-state index contributed by atoms with van der Waals surface area (Å²) in [5.41, 5.74) is 7.71. The number of hydrogen-bond acceptors (Lipinski definition) is 3. The Labute approximate surface area is 132 Å². The second-order valence-corrected chi connectivity index (χ2v) is 8.29. The van der Waals surface area contributed by atoms with E-state index < -0.39 is 0 Å². The Hall–Kier alpha value is -0.870. The normalized spacial score (nSPS) is 20.2. The Morgan fingerprint density at radius 2 is 2.24 bits per heavy atom. The van der Waals surface area contributed by atoms with Crippen LogP contribution in [0.1, 0.15) is 63.4 Å². The Bertz CT molecular complexity index is 489. The fourth-order valence-corrected chi connectivity index (χ4v) is 4.26. The number of rotatable bonds is 4. The van der Waals surface area contributed by atoms with Crippen LogP contribution in [0.5, 0.6) is 0 Å². The topological polar surface area (TPSA) is 46.3 Å². The predicted molar refractivity (Wildman–Crippen MR) is 89.4 cm³/mol. The molecular formula is C17H28N2OS. The first kappa shape index (κ1) is 16.5. The van der Waals surface area contributed by atoms with Gasteiger partial charge in [-0.3, -0.25) is 4.79 Å². The summed E-state index contributed by atoms with van der Waals surface area (Å²) in [6, 6.07) is 2.39. The lowest BCUT2D eigenvalue weighted by molar-refractivity contribution is -0.134. The maximum atomic E-state index is 12.6. The molecule has 2 N–H and O–H groups in total. The van der Waals surface area contributed by atoms with Crippen LogP contribution in [0.25, 0.3) is 0 Å². The second-order valence-electron chi connectivity index (χ2n) is 7.29. The number of carbonyl (C=O) groups excluding carboxylic acids is 1. The van der Waals surface area contributed by atoms with Crippen molar-refractivity contribution in [3.8, 4) is 0 Å². The van der Waals surface area contributed by atoms with Crippen LogP contribution < -0.4 is 5.73 Å². The van der Waals surface area contributed by atoms with Crippen molar-refractivity contribution < 1.29 is 4.79 Å². The standard InChI is InChI=1S/C17H28N2OS/c1-5-14-13-7-9-21-15(13)6-8-19(14)16(20)10-12(18)11-17(2,3)4/h7,9,12,14H,5-6,8,10-11,18H2,1-4H3. The molecule has 0 radical (unpaired) electrons. The van der Waals surface area contributed by atoms with Crippen molar-refractivity contribution >= 4 is 17.2 Å². The second kappa shape index (κ2) is 6.49. The third kappa shape index (κ3) is 4.07. The maximum absolute atomic E-state index is 12.6. The molecule has 2 atom stereocenters. The minimum Gasteiger partial charge on any atom is -0.335 e. The number of nitrogens with zero attached hydrogens (tertiary/aromatic N) is 1. The molecule has 3 nitrogen and oxygen atoms in total. The Kier molecular flexibility index (Phi) is 5.10. The highest BCUT2D eigenvalue weighted by molar-refractivity contribution is 7.10. The van der Waals surface area contributed by atoms with Crippen LogP contribution in [-0.2, 0) is 11.2 Å². The smallest absolute Gasteiger partial charge is 0.224 e. The monoisotopic (exact) mass is 308 g/mol. The molecule has 1 aromatic heterocycles. The van der Waals surface area contributed by atoms with Crippen LogP contribution in [0.3, 0.4) is 0 Å². The van der Waals surface area contributed by atoms with Gasteiger partial charge in [-0.15, -0.1) is 11.3 Å². The average Bonchev–Trinajstić information content (AvgIpc) is 2.82. The summed E-state index contributed by atoms with van der Waals surface area (Å²) >= 11 is 1.82. The van der Waals surface area contributed by atoms with Gasteiger partial charge < -0.3 is 10.6 Å². The van der Waals surface area contributed by atoms with Crippen molar-refractivity contribution in [2.24, 2.45) is 11.1 Å². The van der Waals surface area contributed by atoms with Crippen molar-refractivity contribution in [2.45, 2.75) is 65.5 Å². The zero-order chi connectivity index (χ0) is 15.6. The van der Waals surface area contributed by atoms with E-state index >= 15 is 0 Å². The minimum absolute atomic E-state index is 0.0427. The summed E-state index contributed by atoms with van der Waals surface area (Å²) in [6.45, 7) is 9.51. The van der Waals surface area contributed by atoms with E-state index in [1.54, 1.807) is 0 Å². The molecule has 2 rings (SSSR count). The largest absolute Gasteiger partial charge is 0.335 e. The van der Waals surface area contributed by atoms with Crippen LogP contribution in [0.2, 0.25) is 0 Å². The van der Waals surface area contributed by atoms with E-state index in [2.05, 4.69) is 44.0 Å². The number of amides is 1. The molecule has 0 saturated carbocycles. The lowest BCUT2D eigenvalue weighted by Gasteiger charge is -2.36. The van der Waals surface area contributed by atoms with Crippen LogP contribution in [-0.4, -0.2) is 23.4 Å². The third-order valence-corrected chi connectivity index (χ3v) is 5.11. The fourth-order valence-electron chi connectivity index (χ4n) is 3.34. The van der Waals surface area contributed by atoms with Gasteiger partial charge in [-0.05, 0) is 41.7 Å². The number of hydrogen-bond donors (Lipinski definition) is 1. The van der Waals surface area contributed by atoms with Gasteiger partial charge in [0.2, 0.25) is 5.91 Å². The van der Waals surface area contributed by atoms with Crippen LogP contribution >= 0.6 is 11.3 Å². The van der Waals surface area contributed by atoms with Crippen molar-refractivity contribution in [3.05, 3.63) is 21.9 Å². The van der Waals surface area contributed by atoms with Gasteiger partial charge in [-0.1, -0.05) is 27.7 Å². The van der Waals surface area contributed by atoms with E-state index in [1.807, 2.05) is 11.3 Å². The molecule has 0 bridgehead atoms. The minimum atomic E-state index is -0.0427. The molecule has 2 unspecified atom stereocenters. The summed E-state index contributed by atoms with van der Waals surface area (Å²) in [6.07, 6.45) is 3.31. The van der Waals surface area contributed by atoms with E-state index in [9.17, 15) is 4.79 Å². The predicted octanol–water partition coefficient (Wildman–Crippen LogP) is 3.74. The summed E-state index contributed by atoms with van der Waals surface area (Å²) < 4.78 is 0. The molecule has 0 saturated heterocycles. The molecule has 0 aliphatic carbocycles. The van der Waals surface area contributed by atoms with Gasteiger partial charge in [0.05, 0.1) is 6.04 Å². The van der Waals surface area contributed by atoms with E-state index in [0.29, 0.717) is 6.42 Å². The summed E-state index contributed by atoms with van der Waals surface area (Å²) in [4.78, 5) is 16.1. The molecule has 1 amide bonds. The first-order chi connectivity index (χ1) is 9.81. The van der Waals surface area contributed by atoms with Crippen molar-refractivity contribution in [2.75, 3.05) is 6.54 Å². The van der Waals surface area contributed by atoms with Gasteiger partial charge in [0.1, 0.15) is 0 Å². The Balaban J connectivity index is 2.03. The van der Waals surface area contributed by atoms with E-state index in [4.69, 9.17) is 5.73 Å². The SMILES string of the molecule is CCC1c2ccsc2CCN1C(=O)CC(N)CC(C)(C)C. The molecule has 0 spiro atoms. The van der Waals surface area contributed by atoms with Gasteiger partial charge in [0, 0.05) is 23.9 Å². The zero-order valence-corrected chi connectivity index (χ0v) is 14.5. The first-order valence-corrected chi connectivity index (χ1v) is 8.81. The quantitative estimate of drug-likeness (QED) is 0.921. The molecule has 21 heavy (non-hydrogen) atoms. The van der Waals surface area contributed by atoms with E-state index in [-0.39, 0.29) is 23.4 Å². The van der Waals surface area contributed by atoms with Crippen LogP contribution in [0, 0.1) is 5.41 Å². The Morgan fingerprint density at radius 1 is 1.52 bits per heavy atom. The number of fused-ring (bicyclic) bond motifs is 1. The zero-order valence-electron chi connectivity index (χ0n) is 13.7. The fraction of sp³-hybridized carbons (Fsp3) is 0.706. The first-order valence-electron chi connectivity index (χ1n) is 7.93. The van der Waals surface area contributed by atoms with E-state index in [1.165, 1.54) is 10.4 Å². The molecular weight excluding hydrogens is 280 g/mol. The average molecular weight is 308 g/mol. The number of nitrogens with two attached hydrogens (primary N) is 1.